The summed E-state index contributed by atoms with van der Waals surface area (Å²) >= 11 is 6.11. The van der Waals surface area contributed by atoms with E-state index in [4.69, 9.17) is 16.3 Å². The van der Waals surface area contributed by atoms with Gasteiger partial charge in [-0.3, -0.25) is 4.79 Å². The average molecular weight is 443 g/mol. The van der Waals surface area contributed by atoms with Crippen LogP contribution in [0.1, 0.15) is 39.5 Å². The first kappa shape index (κ1) is 25.0. The first-order valence-corrected chi connectivity index (χ1v) is 11.4. The van der Waals surface area contributed by atoms with E-state index in [-0.39, 0.29) is 5.91 Å². The second kappa shape index (κ2) is 11.9. The van der Waals surface area contributed by atoms with Crippen LogP contribution in [0.2, 0.25) is 0 Å². The zero-order valence-corrected chi connectivity index (χ0v) is 19.6. The number of amides is 1. The first-order valence-electron chi connectivity index (χ1n) is 11.0. The highest BCUT2D eigenvalue weighted by Gasteiger charge is 2.38. The minimum absolute atomic E-state index is 0.128. The lowest BCUT2D eigenvalue weighted by atomic mass is 9.82. The Kier molecular flexibility index (Phi) is 9.60. The highest BCUT2D eigenvalue weighted by molar-refractivity contribution is 6.31. The summed E-state index contributed by atoms with van der Waals surface area (Å²) in [4.78, 5) is 14.4. The molecule has 2 aliphatic heterocycles. The number of nitrogens with zero attached hydrogens (tertiary/aromatic N) is 1. The minimum Gasteiger partial charge on any atom is -0.483 e. The van der Waals surface area contributed by atoms with Crippen molar-refractivity contribution < 1.29 is 9.53 Å². The van der Waals surface area contributed by atoms with E-state index in [1.165, 1.54) is 0 Å². The molecule has 0 atom stereocenters. The van der Waals surface area contributed by atoms with Gasteiger partial charge < -0.3 is 15.0 Å². The molecule has 1 amide bonds. The fraction of sp³-hybridized carbons (Fsp3) is 0.423. The van der Waals surface area contributed by atoms with Crippen LogP contribution in [0, 0.1) is 0 Å². The standard InChI is InChI=1S/C26H35ClN2O2/c1-6-10-22(11-9-12-25(30)29(8-3)17-7-2)24-19-26(13-15-28-16-14-26)31-21(5)23(24)18-20(4)27/h6,9-11,18-19,28H,1,4-5,7-8,12-17H2,2-3H3/b11-9-,22-10+,23-18+. The predicted molar refractivity (Wildman–Crippen MR) is 131 cm³/mol. The van der Waals surface area contributed by atoms with E-state index < -0.39 is 5.60 Å². The van der Waals surface area contributed by atoms with Crippen LogP contribution in [0.4, 0.5) is 0 Å². The molecule has 31 heavy (non-hydrogen) atoms. The van der Waals surface area contributed by atoms with Crippen molar-refractivity contribution >= 4 is 17.5 Å². The average Bonchev–Trinajstić information content (AvgIpc) is 2.73. The molecule has 5 heteroatoms. The topological polar surface area (TPSA) is 41.6 Å². The maximum Gasteiger partial charge on any atom is 0.226 e. The number of carbonyl (C=O) groups is 1. The van der Waals surface area contributed by atoms with Crippen LogP contribution in [-0.4, -0.2) is 42.6 Å². The predicted octanol–water partition coefficient (Wildman–Crippen LogP) is 5.58. The number of piperidine rings is 1. The van der Waals surface area contributed by atoms with Crippen molar-refractivity contribution in [3.63, 3.8) is 0 Å². The fourth-order valence-corrected chi connectivity index (χ4v) is 4.09. The second-order valence-corrected chi connectivity index (χ2v) is 8.33. The SMILES string of the molecule is C=C/C=C(\C=C/CC(=O)N(CC)CCC)C1=CC2(CCNCC2)OC(=C)/C1=C\C(=C)Cl. The Morgan fingerprint density at radius 1 is 1.35 bits per heavy atom. The smallest absolute Gasteiger partial charge is 0.226 e. The third-order valence-corrected chi connectivity index (χ3v) is 5.61. The van der Waals surface area contributed by atoms with Gasteiger partial charge in [-0.25, -0.2) is 0 Å². The van der Waals surface area contributed by atoms with Crippen molar-refractivity contribution in [1.82, 2.24) is 10.2 Å². The van der Waals surface area contributed by atoms with Crippen molar-refractivity contribution in [1.29, 1.82) is 0 Å². The molecular formula is C26H35ClN2O2. The Hall–Kier alpha value is -2.30. The van der Waals surface area contributed by atoms with Gasteiger partial charge in [0.15, 0.2) is 0 Å². The molecule has 0 bridgehead atoms. The molecule has 0 radical (unpaired) electrons. The third kappa shape index (κ3) is 6.84. The van der Waals surface area contributed by atoms with Gasteiger partial charge in [0.2, 0.25) is 5.91 Å². The van der Waals surface area contributed by atoms with E-state index in [0.29, 0.717) is 17.2 Å². The number of carbonyl (C=O) groups excluding carboxylic acids is 1. The highest BCUT2D eigenvalue weighted by atomic mass is 35.5. The van der Waals surface area contributed by atoms with E-state index >= 15 is 0 Å². The molecule has 2 rings (SSSR count). The summed E-state index contributed by atoms with van der Waals surface area (Å²) in [7, 11) is 0. The molecule has 0 unspecified atom stereocenters. The van der Waals surface area contributed by atoms with Crippen LogP contribution in [0.25, 0.3) is 0 Å². The summed E-state index contributed by atoms with van der Waals surface area (Å²) in [5, 5.41) is 3.79. The van der Waals surface area contributed by atoms with Crippen LogP contribution in [0.5, 0.6) is 0 Å². The van der Waals surface area contributed by atoms with Crippen molar-refractivity contribution in [3.05, 3.63) is 83.7 Å². The Labute approximate surface area is 192 Å². The molecule has 168 valence electrons. The van der Waals surface area contributed by atoms with Crippen LogP contribution < -0.4 is 5.32 Å². The summed E-state index contributed by atoms with van der Waals surface area (Å²) in [6.07, 6.45) is 14.5. The monoisotopic (exact) mass is 442 g/mol. The normalized spacial score (nSPS) is 20.0. The summed E-state index contributed by atoms with van der Waals surface area (Å²) in [5.74, 6) is 0.712. The van der Waals surface area contributed by atoms with Crippen LogP contribution in [0.15, 0.2) is 83.7 Å². The summed E-state index contributed by atoms with van der Waals surface area (Å²) in [6, 6.07) is 0. The molecule has 1 spiro atoms. The maximum atomic E-state index is 12.5. The highest BCUT2D eigenvalue weighted by Crippen LogP contribution is 2.41. The lowest BCUT2D eigenvalue weighted by molar-refractivity contribution is -0.130. The maximum absolute atomic E-state index is 12.5. The number of halogens is 1. The van der Waals surface area contributed by atoms with Gasteiger partial charge in [0.25, 0.3) is 0 Å². The minimum atomic E-state index is -0.396. The quantitative estimate of drug-likeness (QED) is 0.474. The Balaban J connectivity index is 2.39. The molecule has 0 aromatic rings. The molecule has 2 aliphatic rings. The lowest BCUT2D eigenvalue weighted by Crippen LogP contribution is -2.44. The number of nitrogens with one attached hydrogen (secondary N) is 1. The lowest BCUT2D eigenvalue weighted by Gasteiger charge is -2.41. The zero-order valence-electron chi connectivity index (χ0n) is 18.9. The van der Waals surface area contributed by atoms with Crippen molar-refractivity contribution in [2.75, 3.05) is 26.2 Å². The summed E-state index contributed by atoms with van der Waals surface area (Å²) in [6.45, 7) is 19.2. The van der Waals surface area contributed by atoms with Crippen molar-refractivity contribution in [2.24, 2.45) is 0 Å². The van der Waals surface area contributed by atoms with Gasteiger partial charge in [-0.15, -0.1) is 0 Å². The van der Waals surface area contributed by atoms with Crippen LogP contribution >= 0.6 is 11.6 Å². The van der Waals surface area contributed by atoms with Crippen LogP contribution in [-0.2, 0) is 9.53 Å². The second-order valence-electron chi connectivity index (χ2n) is 7.84. The summed E-state index contributed by atoms with van der Waals surface area (Å²) < 4.78 is 6.29. The number of ether oxygens (including phenoxy) is 1. The van der Waals surface area contributed by atoms with Gasteiger partial charge in [0.1, 0.15) is 11.4 Å². The Morgan fingerprint density at radius 2 is 2.06 bits per heavy atom. The van der Waals surface area contributed by atoms with Gasteiger partial charge >= 0.3 is 0 Å². The molecule has 0 saturated carbocycles. The number of rotatable bonds is 9. The third-order valence-electron chi connectivity index (χ3n) is 5.50. The van der Waals surface area contributed by atoms with Crippen LogP contribution in [0.3, 0.4) is 0 Å². The van der Waals surface area contributed by atoms with E-state index in [2.05, 4.69) is 38.1 Å². The van der Waals surface area contributed by atoms with Gasteiger partial charge in [0, 0.05) is 43.0 Å². The van der Waals surface area contributed by atoms with Gasteiger partial charge in [0.05, 0.1) is 0 Å². The molecule has 4 nitrogen and oxygen atoms in total. The van der Waals surface area contributed by atoms with Gasteiger partial charge in [-0.2, -0.15) is 0 Å². The molecule has 2 heterocycles. The Morgan fingerprint density at radius 3 is 2.65 bits per heavy atom. The van der Waals surface area contributed by atoms with Gasteiger partial charge in [-0.05, 0) is 49.7 Å². The molecule has 0 aromatic heterocycles. The molecule has 0 aliphatic carbocycles. The molecule has 1 fully saturated rings. The van der Waals surface area contributed by atoms with E-state index in [1.54, 1.807) is 12.2 Å². The molecular weight excluding hydrogens is 408 g/mol. The fourth-order valence-electron chi connectivity index (χ4n) is 3.98. The van der Waals surface area contributed by atoms with Crippen molar-refractivity contribution in [2.45, 2.75) is 45.1 Å². The zero-order chi connectivity index (χ0) is 22.9. The summed E-state index contributed by atoms with van der Waals surface area (Å²) in [5.41, 5.74) is 2.32. The van der Waals surface area contributed by atoms with E-state index in [1.807, 2.05) is 30.1 Å². The molecule has 1 saturated heterocycles. The van der Waals surface area contributed by atoms with E-state index in [9.17, 15) is 4.79 Å². The van der Waals surface area contributed by atoms with Gasteiger partial charge in [-0.1, -0.05) is 62.6 Å². The molecule has 1 N–H and O–H groups in total. The Bertz CT molecular complexity index is 826. The van der Waals surface area contributed by atoms with E-state index in [0.717, 1.165) is 62.2 Å². The number of allylic oxidation sites excluding steroid dienone is 7. The number of hydrogen-bond donors (Lipinski definition) is 1. The first-order chi connectivity index (χ1) is 14.9. The molecule has 0 aromatic carbocycles. The van der Waals surface area contributed by atoms with Crippen molar-refractivity contribution in [3.8, 4) is 0 Å². The number of hydrogen-bond acceptors (Lipinski definition) is 3. The largest absolute Gasteiger partial charge is 0.483 e.